The first-order valence-corrected chi connectivity index (χ1v) is 7.28. The van der Waals surface area contributed by atoms with Crippen molar-refractivity contribution in [2.45, 2.75) is 12.8 Å². The van der Waals surface area contributed by atoms with E-state index in [0.29, 0.717) is 11.7 Å². The van der Waals surface area contributed by atoms with E-state index in [1.807, 2.05) is 0 Å². The van der Waals surface area contributed by atoms with Gasteiger partial charge in [-0.1, -0.05) is 0 Å². The van der Waals surface area contributed by atoms with Gasteiger partial charge in [0.05, 0.1) is 0 Å². The van der Waals surface area contributed by atoms with Gasteiger partial charge in [0.1, 0.15) is 0 Å². The molecule has 0 bridgehead atoms. The van der Waals surface area contributed by atoms with Crippen LogP contribution < -0.4 is 5.32 Å². The first-order valence-electron chi connectivity index (χ1n) is 7.28. The van der Waals surface area contributed by atoms with Gasteiger partial charge in [-0.3, -0.25) is 9.59 Å². The van der Waals surface area contributed by atoms with Gasteiger partial charge in [0, 0.05) is 45.7 Å². The fourth-order valence-electron chi connectivity index (χ4n) is 2.43. The lowest BCUT2D eigenvalue weighted by molar-refractivity contribution is -0.122. The summed E-state index contributed by atoms with van der Waals surface area (Å²) in [5.74, 6) is 0.805. The number of ether oxygens (including phenoxy) is 1. The van der Waals surface area contributed by atoms with Crippen LogP contribution in [-0.4, -0.2) is 72.2 Å². The molecule has 3 N–H and O–H groups in total. The lowest BCUT2D eigenvalue weighted by atomic mass is 10.1. The van der Waals surface area contributed by atoms with Crippen molar-refractivity contribution < 1.29 is 19.4 Å². The first-order chi connectivity index (χ1) is 10.7. The maximum absolute atomic E-state index is 11.7. The number of aromatic nitrogens is 2. The van der Waals surface area contributed by atoms with E-state index in [9.17, 15) is 4.79 Å². The highest BCUT2D eigenvalue weighted by Crippen LogP contribution is 2.15. The van der Waals surface area contributed by atoms with Crippen LogP contribution in [0.25, 0.3) is 0 Å². The van der Waals surface area contributed by atoms with Crippen molar-refractivity contribution in [1.29, 1.82) is 0 Å². The summed E-state index contributed by atoms with van der Waals surface area (Å²) < 4.78 is 5.05. The molecule has 1 aromatic rings. The van der Waals surface area contributed by atoms with Crippen LogP contribution in [0.15, 0.2) is 12.4 Å². The third-order valence-corrected chi connectivity index (χ3v) is 3.46. The number of methoxy groups -OCH3 is 1. The van der Waals surface area contributed by atoms with Crippen molar-refractivity contribution >= 4 is 12.4 Å². The van der Waals surface area contributed by atoms with Gasteiger partial charge < -0.3 is 25.0 Å². The highest BCUT2D eigenvalue weighted by atomic mass is 16.5. The minimum atomic E-state index is -0.250. The molecule has 8 heteroatoms. The molecule has 1 fully saturated rings. The Morgan fingerprint density at radius 2 is 2.45 bits per heavy atom. The molecule has 1 aliphatic heterocycles. The van der Waals surface area contributed by atoms with Crippen LogP contribution in [0.1, 0.15) is 23.5 Å². The number of imidazole rings is 1. The van der Waals surface area contributed by atoms with Crippen LogP contribution in [-0.2, 0) is 9.53 Å². The molecule has 0 aromatic carbocycles. The minimum absolute atomic E-state index is 0.122. The highest BCUT2D eigenvalue weighted by molar-refractivity contribution is 5.90. The summed E-state index contributed by atoms with van der Waals surface area (Å²) in [4.78, 5) is 29.3. The lowest BCUT2D eigenvalue weighted by Gasteiger charge is -2.15. The van der Waals surface area contributed by atoms with E-state index >= 15 is 0 Å². The molecule has 1 atom stereocenters. The van der Waals surface area contributed by atoms with Crippen LogP contribution >= 0.6 is 0 Å². The smallest absolute Gasteiger partial charge is 0.290 e. The van der Waals surface area contributed by atoms with E-state index < -0.39 is 0 Å². The van der Waals surface area contributed by atoms with Gasteiger partial charge in [-0.25, -0.2) is 4.98 Å². The fourth-order valence-corrected chi connectivity index (χ4v) is 2.43. The SMILES string of the molecule is COCCCN1CCC(CNC(=O)c2ncc[nH]2)C1.O=CO. The number of hydrogen-bond donors (Lipinski definition) is 3. The second kappa shape index (κ2) is 10.7. The number of aromatic amines is 1. The molecule has 0 spiro atoms. The Hall–Kier alpha value is -1.93. The number of nitrogens with one attached hydrogen (secondary N) is 2. The van der Waals surface area contributed by atoms with Gasteiger partial charge in [-0.2, -0.15) is 0 Å². The average Bonchev–Trinajstić information content (AvgIpc) is 3.18. The third-order valence-electron chi connectivity index (χ3n) is 3.46. The topological polar surface area (TPSA) is 108 Å². The minimum Gasteiger partial charge on any atom is -0.483 e. The van der Waals surface area contributed by atoms with Gasteiger partial charge in [0.2, 0.25) is 0 Å². The molecule has 22 heavy (non-hydrogen) atoms. The van der Waals surface area contributed by atoms with Gasteiger partial charge in [0.25, 0.3) is 12.4 Å². The second-order valence-corrected chi connectivity index (χ2v) is 5.05. The molecule has 1 unspecified atom stereocenters. The zero-order valence-electron chi connectivity index (χ0n) is 12.8. The Labute approximate surface area is 129 Å². The molecule has 2 heterocycles. The number of carbonyl (C=O) groups excluding carboxylic acids is 1. The zero-order chi connectivity index (χ0) is 16.2. The largest absolute Gasteiger partial charge is 0.483 e. The summed E-state index contributed by atoms with van der Waals surface area (Å²) >= 11 is 0. The van der Waals surface area contributed by atoms with E-state index in [2.05, 4.69) is 20.2 Å². The quantitative estimate of drug-likeness (QED) is 0.490. The van der Waals surface area contributed by atoms with Crippen LogP contribution in [0.3, 0.4) is 0 Å². The summed E-state index contributed by atoms with van der Waals surface area (Å²) in [6.45, 7) is 4.54. The van der Waals surface area contributed by atoms with Gasteiger partial charge in [0.15, 0.2) is 5.82 Å². The Bertz CT molecular complexity index is 424. The molecular formula is C14H24N4O4. The van der Waals surface area contributed by atoms with Crippen LogP contribution in [0.2, 0.25) is 0 Å². The summed E-state index contributed by atoms with van der Waals surface area (Å²) in [6, 6.07) is 0. The number of nitrogens with zero attached hydrogens (tertiary/aromatic N) is 2. The maximum Gasteiger partial charge on any atom is 0.290 e. The van der Waals surface area contributed by atoms with Crippen molar-refractivity contribution in [2.75, 3.05) is 39.9 Å². The number of amides is 1. The number of rotatable bonds is 7. The number of likely N-dealkylation sites (tertiary alicyclic amines) is 1. The number of H-pyrrole nitrogens is 1. The van der Waals surface area contributed by atoms with E-state index in [1.54, 1.807) is 19.5 Å². The summed E-state index contributed by atoms with van der Waals surface area (Å²) in [6.07, 6.45) is 5.46. The molecular weight excluding hydrogens is 288 g/mol. The van der Waals surface area contributed by atoms with Gasteiger partial charge in [-0.05, 0) is 25.3 Å². The molecule has 1 saturated heterocycles. The number of carbonyl (C=O) groups is 2. The molecule has 2 rings (SSSR count). The van der Waals surface area contributed by atoms with Crippen molar-refractivity contribution in [3.8, 4) is 0 Å². The normalized spacial score (nSPS) is 17.6. The van der Waals surface area contributed by atoms with Crippen LogP contribution in [0, 0.1) is 5.92 Å². The Balaban J connectivity index is 0.000000745. The van der Waals surface area contributed by atoms with Crippen molar-refractivity contribution in [3.63, 3.8) is 0 Å². The van der Waals surface area contributed by atoms with E-state index in [4.69, 9.17) is 14.6 Å². The predicted octanol–water partition coefficient (Wildman–Crippen LogP) is 0.199. The molecule has 1 aromatic heterocycles. The number of hydrogen-bond acceptors (Lipinski definition) is 5. The standard InChI is InChI=1S/C13H22N4O2.CH2O2/c1-19-8-2-6-17-7-3-11(10-17)9-16-13(18)12-14-4-5-15-12;2-1-3/h4-5,11H,2-3,6-10H2,1H3,(H,14,15)(H,16,18);1H,(H,2,3). The van der Waals surface area contributed by atoms with Crippen molar-refractivity contribution in [3.05, 3.63) is 18.2 Å². The summed E-state index contributed by atoms with van der Waals surface area (Å²) in [5, 5.41) is 9.82. The molecule has 1 aliphatic rings. The Kier molecular flexibility index (Phi) is 8.85. The van der Waals surface area contributed by atoms with E-state index in [1.165, 1.54) is 0 Å². The fraction of sp³-hybridized carbons (Fsp3) is 0.643. The van der Waals surface area contributed by atoms with E-state index in [0.717, 1.165) is 45.6 Å². The second-order valence-electron chi connectivity index (χ2n) is 5.05. The molecule has 8 nitrogen and oxygen atoms in total. The summed E-state index contributed by atoms with van der Waals surface area (Å²) in [5.41, 5.74) is 0. The molecule has 0 saturated carbocycles. The molecule has 0 radical (unpaired) electrons. The van der Waals surface area contributed by atoms with Crippen LogP contribution in [0.4, 0.5) is 0 Å². The van der Waals surface area contributed by atoms with Gasteiger partial charge >= 0.3 is 0 Å². The number of carboxylic acid groups (broad SMARTS) is 1. The van der Waals surface area contributed by atoms with Crippen molar-refractivity contribution in [1.82, 2.24) is 20.2 Å². The Morgan fingerprint density at radius 1 is 1.68 bits per heavy atom. The average molecular weight is 312 g/mol. The monoisotopic (exact) mass is 312 g/mol. The molecule has 124 valence electrons. The Morgan fingerprint density at radius 3 is 3.09 bits per heavy atom. The van der Waals surface area contributed by atoms with E-state index in [-0.39, 0.29) is 12.4 Å². The molecule has 0 aliphatic carbocycles. The zero-order valence-corrected chi connectivity index (χ0v) is 12.8. The maximum atomic E-state index is 11.7. The first kappa shape index (κ1) is 18.1. The predicted molar refractivity (Wildman–Crippen MR) is 80.7 cm³/mol. The van der Waals surface area contributed by atoms with Crippen molar-refractivity contribution in [2.24, 2.45) is 5.92 Å². The summed E-state index contributed by atoms with van der Waals surface area (Å²) in [7, 11) is 1.73. The molecule has 1 amide bonds. The highest BCUT2D eigenvalue weighted by Gasteiger charge is 2.22. The lowest BCUT2D eigenvalue weighted by Crippen LogP contribution is -2.31. The third kappa shape index (κ3) is 6.68. The van der Waals surface area contributed by atoms with Crippen LogP contribution in [0.5, 0.6) is 0 Å². The van der Waals surface area contributed by atoms with Gasteiger partial charge in [-0.15, -0.1) is 0 Å².